The van der Waals surface area contributed by atoms with Crippen molar-refractivity contribution in [1.29, 1.82) is 0 Å². The van der Waals surface area contributed by atoms with Crippen molar-refractivity contribution in [2.75, 3.05) is 5.75 Å². The largest absolute Gasteiger partial charge is 0.475 e. The average molecular weight is 198 g/mol. The summed E-state index contributed by atoms with van der Waals surface area (Å²) in [5.74, 6) is -0.188. The third kappa shape index (κ3) is 2.99. The molecule has 0 aliphatic rings. The molecule has 1 rings (SSSR count). The van der Waals surface area contributed by atoms with E-state index in [4.69, 9.17) is 9.52 Å². The summed E-state index contributed by atoms with van der Waals surface area (Å²) in [5, 5.41) is 9.19. The van der Waals surface area contributed by atoms with Crippen LogP contribution in [0.2, 0.25) is 0 Å². The number of furan rings is 1. The second-order valence-corrected chi connectivity index (χ2v) is 3.45. The minimum Gasteiger partial charge on any atom is -0.475 e. The molecule has 13 heavy (non-hydrogen) atoms. The summed E-state index contributed by atoms with van der Waals surface area (Å²) in [4.78, 5) is 10.4. The van der Waals surface area contributed by atoms with Crippen LogP contribution in [0.4, 0.5) is 0 Å². The minimum atomic E-state index is -1.03. The van der Waals surface area contributed by atoms with E-state index in [0.717, 1.165) is 12.2 Å². The SMILES string of the molecule is C=CCCSc1ccc(C(=O)O)o1. The zero-order valence-corrected chi connectivity index (χ0v) is 7.84. The van der Waals surface area contributed by atoms with Crippen molar-refractivity contribution in [1.82, 2.24) is 0 Å². The lowest BCUT2D eigenvalue weighted by Crippen LogP contribution is -1.91. The summed E-state index contributed by atoms with van der Waals surface area (Å²) in [6, 6.07) is 3.12. The summed E-state index contributed by atoms with van der Waals surface area (Å²) < 4.78 is 5.02. The predicted molar refractivity (Wildman–Crippen MR) is 51.2 cm³/mol. The number of carboxylic acids is 1. The van der Waals surface area contributed by atoms with Crippen molar-refractivity contribution in [2.45, 2.75) is 11.5 Å². The molecule has 1 N–H and O–H groups in total. The van der Waals surface area contributed by atoms with Crippen LogP contribution in [0.3, 0.4) is 0 Å². The van der Waals surface area contributed by atoms with Crippen LogP contribution in [0.15, 0.2) is 34.3 Å². The van der Waals surface area contributed by atoms with Crippen molar-refractivity contribution >= 4 is 17.7 Å². The van der Waals surface area contributed by atoms with E-state index in [9.17, 15) is 4.79 Å². The van der Waals surface area contributed by atoms with Crippen LogP contribution in [0.25, 0.3) is 0 Å². The van der Waals surface area contributed by atoms with Gasteiger partial charge in [0.2, 0.25) is 5.76 Å². The first-order chi connectivity index (χ1) is 6.24. The Balaban J connectivity index is 2.49. The van der Waals surface area contributed by atoms with Crippen molar-refractivity contribution < 1.29 is 14.3 Å². The fraction of sp³-hybridized carbons (Fsp3) is 0.222. The summed E-state index contributed by atoms with van der Waals surface area (Å²) in [6.07, 6.45) is 2.70. The first-order valence-corrected chi connectivity index (χ1v) is 4.79. The molecule has 0 saturated carbocycles. The van der Waals surface area contributed by atoms with Crippen LogP contribution in [-0.2, 0) is 0 Å². The smallest absolute Gasteiger partial charge is 0.371 e. The maximum absolute atomic E-state index is 10.4. The topological polar surface area (TPSA) is 50.4 Å². The van der Waals surface area contributed by atoms with Crippen molar-refractivity contribution in [3.8, 4) is 0 Å². The van der Waals surface area contributed by atoms with Crippen molar-refractivity contribution in [3.05, 3.63) is 30.5 Å². The fourth-order valence-electron chi connectivity index (χ4n) is 0.756. The van der Waals surface area contributed by atoms with Crippen LogP contribution in [0.1, 0.15) is 17.0 Å². The Morgan fingerprint density at radius 1 is 1.69 bits per heavy atom. The highest BCUT2D eigenvalue weighted by Crippen LogP contribution is 2.21. The number of carbonyl (C=O) groups is 1. The van der Waals surface area contributed by atoms with Gasteiger partial charge in [-0.3, -0.25) is 0 Å². The molecular weight excluding hydrogens is 188 g/mol. The van der Waals surface area contributed by atoms with Gasteiger partial charge in [-0.25, -0.2) is 4.79 Å². The predicted octanol–water partition coefficient (Wildman–Crippen LogP) is 2.65. The van der Waals surface area contributed by atoms with Crippen LogP contribution in [0, 0.1) is 0 Å². The van der Waals surface area contributed by atoms with Gasteiger partial charge in [0.1, 0.15) is 0 Å². The molecule has 0 atom stereocenters. The van der Waals surface area contributed by atoms with Crippen LogP contribution >= 0.6 is 11.8 Å². The Bertz CT molecular complexity index is 304. The lowest BCUT2D eigenvalue weighted by atomic mass is 10.5. The summed E-state index contributed by atoms with van der Waals surface area (Å²) in [7, 11) is 0. The molecule has 1 heterocycles. The fourth-order valence-corrected chi connectivity index (χ4v) is 1.55. The second kappa shape index (κ2) is 4.77. The van der Waals surface area contributed by atoms with Gasteiger partial charge in [0.15, 0.2) is 5.09 Å². The zero-order chi connectivity index (χ0) is 9.68. The normalized spacial score (nSPS) is 9.85. The zero-order valence-electron chi connectivity index (χ0n) is 7.03. The van der Waals surface area contributed by atoms with E-state index in [0.29, 0.717) is 5.09 Å². The first kappa shape index (κ1) is 9.92. The molecule has 1 aromatic rings. The highest BCUT2D eigenvalue weighted by Gasteiger charge is 2.08. The summed E-state index contributed by atoms with van der Waals surface area (Å²) >= 11 is 1.48. The Morgan fingerprint density at radius 3 is 3.00 bits per heavy atom. The standard InChI is InChI=1S/C9H10O3S/c1-2-3-6-13-8-5-4-7(12-8)9(10)11/h2,4-5H,1,3,6H2,(H,10,11). The van der Waals surface area contributed by atoms with Crippen LogP contribution in [0.5, 0.6) is 0 Å². The van der Waals surface area contributed by atoms with Crippen LogP contribution in [-0.4, -0.2) is 16.8 Å². The lowest BCUT2D eigenvalue weighted by molar-refractivity contribution is 0.0656. The number of hydrogen-bond donors (Lipinski definition) is 1. The molecule has 0 amide bonds. The molecule has 0 fully saturated rings. The van der Waals surface area contributed by atoms with E-state index in [1.54, 1.807) is 6.07 Å². The molecule has 4 heteroatoms. The van der Waals surface area contributed by atoms with E-state index in [1.807, 2.05) is 6.08 Å². The molecular formula is C9H10O3S. The molecule has 0 aromatic carbocycles. The van der Waals surface area contributed by atoms with Gasteiger partial charge in [-0.1, -0.05) is 17.8 Å². The number of aromatic carboxylic acids is 1. The number of allylic oxidation sites excluding steroid dienone is 1. The first-order valence-electron chi connectivity index (χ1n) is 3.81. The van der Waals surface area contributed by atoms with E-state index in [2.05, 4.69) is 6.58 Å². The third-order valence-corrected chi connectivity index (χ3v) is 2.30. The van der Waals surface area contributed by atoms with Gasteiger partial charge in [0, 0.05) is 5.75 Å². The number of rotatable bonds is 5. The van der Waals surface area contributed by atoms with Gasteiger partial charge in [-0.05, 0) is 18.6 Å². The van der Waals surface area contributed by atoms with Gasteiger partial charge >= 0.3 is 5.97 Å². The highest BCUT2D eigenvalue weighted by molar-refractivity contribution is 7.99. The van der Waals surface area contributed by atoms with Gasteiger partial charge in [-0.2, -0.15) is 0 Å². The quantitative estimate of drug-likeness (QED) is 0.449. The second-order valence-electron chi connectivity index (χ2n) is 2.35. The molecule has 0 bridgehead atoms. The Kier molecular flexibility index (Phi) is 3.64. The van der Waals surface area contributed by atoms with Crippen molar-refractivity contribution in [2.24, 2.45) is 0 Å². The van der Waals surface area contributed by atoms with Crippen molar-refractivity contribution in [3.63, 3.8) is 0 Å². The highest BCUT2D eigenvalue weighted by atomic mass is 32.2. The van der Waals surface area contributed by atoms with E-state index in [-0.39, 0.29) is 5.76 Å². The van der Waals surface area contributed by atoms with E-state index in [1.165, 1.54) is 17.8 Å². The Morgan fingerprint density at radius 2 is 2.46 bits per heavy atom. The maximum atomic E-state index is 10.4. The third-order valence-electron chi connectivity index (χ3n) is 1.36. The molecule has 1 aromatic heterocycles. The van der Waals surface area contributed by atoms with Crippen LogP contribution < -0.4 is 0 Å². The summed E-state index contributed by atoms with van der Waals surface area (Å²) in [5.41, 5.74) is 0. The molecule has 0 unspecified atom stereocenters. The molecule has 0 saturated heterocycles. The maximum Gasteiger partial charge on any atom is 0.371 e. The van der Waals surface area contributed by atoms with Gasteiger partial charge < -0.3 is 9.52 Å². The Hall–Kier alpha value is -1.16. The monoisotopic (exact) mass is 198 g/mol. The van der Waals surface area contributed by atoms with E-state index >= 15 is 0 Å². The van der Waals surface area contributed by atoms with Gasteiger partial charge in [-0.15, -0.1) is 6.58 Å². The summed E-state index contributed by atoms with van der Waals surface area (Å²) in [6.45, 7) is 3.59. The Labute approximate surface area is 80.4 Å². The van der Waals surface area contributed by atoms with E-state index < -0.39 is 5.97 Å². The molecule has 0 spiro atoms. The number of hydrogen-bond acceptors (Lipinski definition) is 3. The molecule has 0 aliphatic heterocycles. The number of carboxylic acid groups (broad SMARTS) is 1. The molecule has 0 radical (unpaired) electrons. The lowest BCUT2D eigenvalue weighted by Gasteiger charge is -1.92. The minimum absolute atomic E-state index is 0.0129. The van der Waals surface area contributed by atoms with Gasteiger partial charge in [0.05, 0.1) is 0 Å². The average Bonchev–Trinajstić information content (AvgIpc) is 2.53. The molecule has 3 nitrogen and oxygen atoms in total. The molecule has 0 aliphatic carbocycles. The molecule has 70 valence electrons. The van der Waals surface area contributed by atoms with Gasteiger partial charge in [0.25, 0.3) is 0 Å². The number of thioether (sulfide) groups is 1.